The van der Waals surface area contributed by atoms with Crippen molar-refractivity contribution < 1.29 is 31.2 Å². The molecule has 2 N–H and O–H groups in total. The first kappa shape index (κ1) is 31.7. The Kier molecular flexibility index (Phi) is 9.68. The fourth-order valence-electron chi connectivity index (χ4n) is 5.32. The Balaban J connectivity index is 1.24. The first-order chi connectivity index (χ1) is 19.2. The molecule has 12 heteroatoms. The third-order valence-corrected chi connectivity index (χ3v) is 10.9. The van der Waals surface area contributed by atoms with Crippen LogP contribution in [0.1, 0.15) is 83.6 Å². The smallest absolute Gasteiger partial charge is 0.374 e. The van der Waals surface area contributed by atoms with E-state index in [2.05, 4.69) is 10.0 Å². The lowest BCUT2D eigenvalue weighted by molar-refractivity contribution is -0.137. The molecule has 1 saturated heterocycles. The third kappa shape index (κ3) is 8.18. The molecule has 2 amide bonds. The van der Waals surface area contributed by atoms with E-state index < -0.39 is 38.5 Å². The van der Waals surface area contributed by atoms with Crippen molar-refractivity contribution in [2.45, 2.75) is 101 Å². The van der Waals surface area contributed by atoms with Gasteiger partial charge in [0.15, 0.2) is 0 Å². The molecular weight excluding hydrogens is 579 g/mol. The molecule has 0 spiro atoms. The minimum Gasteiger partial charge on any atom is -0.374 e. The lowest BCUT2D eigenvalue weighted by Gasteiger charge is -2.28. The van der Waals surface area contributed by atoms with Crippen LogP contribution >= 0.6 is 11.6 Å². The normalized spacial score (nSPS) is 24.3. The Morgan fingerprint density at radius 3 is 2.56 bits per heavy atom. The minimum absolute atomic E-state index is 0.0464. The first-order valence-corrected chi connectivity index (χ1v) is 16.2. The fraction of sp³-hybridized carbons (Fsp3) is 0.655. The zero-order valence-electron chi connectivity index (χ0n) is 23.5. The van der Waals surface area contributed by atoms with Crippen molar-refractivity contribution in [2.24, 2.45) is 11.8 Å². The number of unbranched alkanes of at least 4 members (excludes halogenated alkanes) is 3. The number of nitrogens with zero attached hydrogens (tertiary/aromatic N) is 1. The van der Waals surface area contributed by atoms with Gasteiger partial charge in [0, 0.05) is 29.2 Å². The van der Waals surface area contributed by atoms with Crippen LogP contribution in [0.3, 0.4) is 0 Å². The molecule has 1 aromatic carbocycles. The zero-order valence-corrected chi connectivity index (χ0v) is 25.0. The summed E-state index contributed by atoms with van der Waals surface area (Å²) in [6, 6.07) is 2.68. The van der Waals surface area contributed by atoms with E-state index in [4.69, 9.17) is 11.6 Å². The molecule has 1 heterocycles. The van der Waals surface area contributed by atoms with Gasteiger partial charge < -0.3 is 10.2 Å². The number of rotatable bonds is 13. The number of hydrogen-bond donors (Lipinski definition) is 2. The van der Waals surface area contributed by atoms with Crippen molar-refractivity contribution in [2.75, 3.05) is 11.9 Å². The second-order valence-electron chi connectivity index (χ2n) is 11.9. The summed E-state index contributed by atoms with van der Waals surface area (Å²) in [6.45, 7) is 4.27. The lowest BCUT2D eigenvalue weighted by Crippen LogP contribution is -2.44. The Morgan fingerprint density at radius 2 is 1.93 bits per heavy atom. The van der Waals surface area contributed by atoms with Crippen LogP contribution in [0.15, 0.2) is 30.4 Å². The summed E-state index contributed by atoms with van der Waals surface area (Å²) in [5.41, 5.74) is -0.700. The predicted octanol–water partition coefficient (Wildman–Crippen LogP) is 6.29. The van der Waals surface area contributed by atoms with Crippen LogP contribution in [0, 0.1) is 11.8 Å². The molecular formula is C29H39ClF3N3O4S. The first-order valence-electron chi connectivity index (χ1n) is 14.4. The van der Waals surface area contributed by atoms with Crippen LogP contribution in [0.4, 0.5) is 18.9 Å². The standard InChI is InChI=1S/C29H39ClF3N3O4S/c1-19-9-8-14-36(19)27(38)25(34-23-17-21(29(31,32)33)16-22(30)18-23)11-7-5-3-4-6-10-20-15-24(20)26(37)35-41(39,40)28(2)12-13-28/h6,10,16-20,24-25,34H,3-5,7-9,11-15H2,1-2H3,(H,35,37)/b10-6-/t19?,20?,24?,25-/m0/s1. The number of alkyl halides is 3. The highest BCUT2D eigenvalue weighted by Gasteiger charge is 2.52. The van der Waals surface area contributed by atoms with Crippen LogP contribution in [0.2, 0.25) is 5.02 Å². The number of carbonyl (C=O) groups is 2. The molecule has 0 radical (unpaired) electrons. The maximum Gasteiger partial charge on any atom is 0.416 e. The van der Waals surface area contributed by atoms with Gasteiger partial charge in [0.05, 0.1) is 10.3 Å². The quantitative estimate of drug-likeness (QED) is 0.200. The summed E-state index contributed by atoms with van der Waals surface area (Å²) >= 11 is 5.96. The summed E-state index contributed by atoms with van der Waals surface area (Å²) in [5, 5.41) is 2.98. The third-order valence-electron chi connectivity index (χ3n) is 8.46. The molecule has 41 heavy (non-hydrogen) atoms. The summed E-state index contributed by atoms with van der Waals surface area (Å²) in [4.78, 5) is 27.4. The van der Waals surface area contributed by atoms with E-state index in [0.717, 1.165) is 44.2 Å². The number of hydrogen-bond acceptors (Lipinski definition) is 5. The zero-order chi connectivity index (χ0) is 30.0. The van der Waals surface area contributed by atoms with E-state index in [9.17, 15) is 31.2 Å². The van der Waals surface area contributed by atoms with Crippen LogP contribution in [-0.2, 0) is 25.8 Å². The van der Waals surface area contributed by atoms with Gasteiger partial charge in [-0.1, -0.05) is 36.6 Å². The fourth-order valence-corrected chi connectivity index (χ4v) is 6.86. The highest BCUT2D eigenvalue weighted by molar-refractivity contribution is 7.91. The van der Waals surface area contributed by atoms with Crippen LogP contribution in [0.5, 0.6) is 0 Å². The molecule has 4 rings (SSSR count). The van der Waals surface area contributed by atoms with Crippen molar-refractivity contribution in [1.29, 1.82) is 0 Å². The number of allylic oxidation sites excluding steroid dienone is 2. The highest BCUT2D eigenvalue weighted by atomic mass is 35.5. The monoisotopic (exact) mass is 617 g/mol. The predicted molar refractivity (Wildman–Crippen MR) is 153 cm³/mol. The number of halogens is 4. The van der Waals surface area contributed by atoms with E-state index in [0.29, 0.717) is 38.6 Å². The van der Waals surface area contributed by atoms with Gasteiger partial charge in [0.25, 0.3) is 0 Å². The van der Waals surface area contributed by atoms with Gasteiger partial charge in [0.1, 0.15) is 6.04 Å². The molecule has 1 aromatic rings. The number of carbonyl (C=O) groups excluding carboxylic acids is 2. The van der Waals surface area contributed by atoms with Crippen molar-refractivity contribution in [1.82, 2.24) is 9.62 Å². The second kappa shape index (κ2) is 12.5. The summed E-state index contributed by atoms with van der Waals surface area (Å²) in [5.74, 6) is -0.798. The molecule has 4 atom stereocenters. The molecule has 0 bridgehead atoms. The van der Waals surface area contributed by atoms with Gasteiger partial charge in [0.2, 0.25) is 21.8 Å². The SMILES string of the molecule is CC1CCCN1C(=O)[C@H](CCCCC/C=C\C1CC1C(=O)NS(=O)(=O)C1(C)CC1)Nc1cc(Cl)cc(C(F)(F)F)c1. The number of nitrogens with one attached hydrogen (secondary N) is 2. The van der Waals surface area contributed by atoms with E-state index in [1.807, 2.05) is 19.1 Å². The second-order valence-corrected chi connectivity index (χ2v) is 14.6. The molecule has 2 saturated carbocycles. The number of benzene rings is 1. The summed E-state index contributed by atoms with van der Waals surface area (Å²) in [6.07, 6.45) is 6.64. The van der Waals surface area contributed by atoms with Crippen molar-refractivity contribution in [3.8, 4) is 0 Å². The Morgan fingerprint density at radius 1 is 1.20 bits per heavy atom. The average Bonchev–Trinajstić information content (AvgIpc) is 3.79. The molecule has 0 aromatic heterocycles. The molecule has 7 nitrogen and oxygen atoms in total. The highest BCUT2D eigenvalue weighted by Crippen LogP contribution is 2.44. The number of sulfonamides is 1. The number of amides is 2. The molecule has 2 aliphatic carbocycles. The largest absolute Gasteiger partial charge is 0.416 e. The van der Waals surface area contributed by atoms with Gasteiger partial charge in [-0.3, -0.25) is 14.3 Å². The maximum absolute atomic E-state index is 13.3. The van der Waals surface area contributed by atoms with E-state index in [1.54, 1.807) is 11.8 Å². The number of likely N-dealkylation sites (tertiary alicyclic amines) is 1. The van der Waals surface area contributed by atoms with Crippen LogP contribution in [0.25, 0.3) is 0 Å². The van der Waals surface area contributed by atoms with Crippen molar-refractivity contribution in [3.63, 3.8) is 0 Å². The minimum atomic E-state index is -4.55. The molecule has 3 aliphatic rings. The molecule has 228 valence electrons. The van der Waals surface area contributed by atoms with Gasteiger partial charge >= 0.3 is 6.18 Å². The Labute approximate surface area is 245 Å². The van der Waals surface area contributed by atoms with Gasteiger partial charge in [-0.2, -0.15) is 13.2 Å². The average molecular weight is 618 g/mol. The maximum atomic E-state index is 13.3. The van der Waals surface area contributed by atoms with Gasteiger partial charge in [-0.25, -0.2) is 8.42 Å². The summed E-state index contributed by atoms with van der Waals surface area (Å²) in [7, 11) is -3.61. The van der Waals surface area contributed by atoms with Crippen molar-refractivity contribution in [3.05, 3.63) is 40.9 Å². The molecule has 3 fully saturated rings. The van der Waals surface area contributed by atoms with Crippen LogP contribution < -0.4 is 10.0 Å². The molecule has 1 aliphatic heterocycles. The van der Waals surface area contributed by atoms with E-state index >= 15 is 0 Å². The van der Waals surface area contributed by atoms with Gasteiger partial charge in [-0.15, -0.1) is 0 Å². The topological polar surface area (TPSA) is 95.6 Å². The van der Waals surface area contributed by atoms with E-state index in [1.165, 1.54) is 6.07 Å². The van der Waals surface area contributed by atoms with Crippen molar-refractivity contribution >= 4 is 39.1 Å². The van der Waals surface area contributed by atoms with Gasteiger partial charge in [-0.05, 0) is 89.3 Å². The molecule has 3 unspecified atom stereocenters. The van der Waals surface area contributed by atoms with Crippen LogP contribution in [-0.4, -0.2) is 48.5 Å². The van der Waals surface area contributed by atoms with E-state index in [-0.39, 0.29) is 34.5 Å². The summed E-state index contributed by atoms with van der Waals surface area (Å²) < 4.78 is 65.8. The lowest BCUT2D eigenvalue weighted by atomic mass is 10.0. The number of anilines is 1. The Hall–Kier alpha value is -2.27. The Bertz CT molecular complexity index is 1270.